The molecular weight excluding hydrogens is 330 g/mol. The SMILES string of the molecule is CC(N)C(Oc1ccccc1CCO)c1ccc(Br)cc1. The van der Waals surface area contributed by atoms with Crippen LogP contribution in [0.25, 0.3) is 0 Å². The molecule has 0 heterocycles. The first-order chi connectivity index (χ1) is 10.1. The normalized spacial score (nSPS) is 13.7. The van der Waals surface area contributed by atoms with Gasteiger partial charge in [0.05, 0.1) is 0 Å². The highest BCUT2D eigenvalue weighted by Gasteiger charge is 2.19. The smallest absolute Gasteiger partial charge is 0.138 e. The molecule has 0 spiro atoms. The van der Waals surface area contributed by atoms with Crippen molar-refractivity contribution in [2.75, 3.05) is 6.61 Å². The van der Waals surface area contributed by atoms with Gasteiger partial charge in [0.1, 0.15) is 11.9 Å². The molecule has 0 bridgehead atoms. The molecule has 0 amide bonds. The Hall–Kier alpha value is -1.36. The molecule has 21 heavy (non-hydrogen) atoms. The number of nitrogens with two attached hydrogens (primary N) is 1. The molecule has 2 atom stereocenters. The summed E-state index contributed by atoms with van der Waals surface area (Å²) >= 11 is 3.43. The van der Waals surface area contributed by atoms with E-state index in [4.69, 9.17) is 15.6 Å². The van der Waals surface area contributed by atoms with Gasteiger partial charge in [0, 0.05) is 17.1 Å². The molecule has 0 aliphatic carbocycles. The van der Waals surface area contributed by atoms with Gasteiger partial charge in [-0.25, -0.2) is 0 Å². The van der Waals surface area contributed by atoms with Gasteiger partial charge in [-0.1, -0.05) is 46.3 Å². The Morgan fingerprint density at radius 1 is 1.14 bits per heavy atom. The van der Waals surface area contributed by atoms with E-state index in [1.807, 2.05) is 55.5 Å². The first-order valence-electron chi connectivity index (χ1n) is 6.98. The predicted molar refractivity (Wildman–Crippen MR) is 88.4 cm³/mol. The topological polar surface area (TPSA) is 55.5 Å². The van der Waals surface area contributed by atoms with Crippen molar-refractivity contribution in [3.63, 3.8) is 0 Å². The van der Waals surface area contributed by atoms with E-state index >= 15 is 0 Å². The van der Waals surface area contributed by atoms with Gasteiger partial charge >= 0.3 is 0 Å². The number of aliphatic hydroxyl groups excluding tert-OH is 1. The zero-order chi connectivity index (χ0) is 15.2. The van der Waals surface area contributed by atoms with Crippen molar-refractivity contribution >= 4 is 15.9 Å². The molecule has 2 aromatic rings. The second-order valence-electron chi connectivity index (χ2n) is 5.03. The monoisotopic (exact) mass is 349 g/mol. The zero-order valence-corrected chi connectivity index (χ0v) is 13.6. The number of benzene rings is 2. The highest BCUT2D eigenvalue weighted by atomic mass is 79.9. The van der Waals surface area contributed by atoms with Gasteiger partial charge in [0.2, 0.25) is 0 Å². The van der Waals surface area contributed by atoms with Crippen LogP contribution in [-0.2, 0) is 6.42 Å². The fraction of sp³-hybridized carbons (Fsp3) is 0.294. The number of halogens is 1. The van der Waals surface area contributed by atoms with Gasteiger partial charge in [0.25, 0.3) is 0 Å². The molecule has 0 saturated carbocycles. The lowest BCUT2D eigenvalue weighted by Gasteiger charge is -2.24. The van der Waals surface area contributed by atoms with Crippen molar-refractivity contribution in [2.24, 2.45) is 5.73 Å². The molecular formula is C17H20BrNO2. The first kappa shape index (κ1) is 16.0. The molecule has 2 unspecified atom stereocenters. The van der Waals surface area contributed by atoms with Crippen LogP contribution in [0, 0.1) is 0 Å². The summed E-state index contributed by atoms with van der Waals surface area (Å²) in [5.41, 5.74) is 8.12. The third kappa shape index (κ3) is 4.30. The largest absolute Gasteiger partial charge is 0.484 e. The van der Waals surface area contributed by atoms with Crippen molar-refractivity contribution in [1.82, 2.24) is 0 Å². The number of hydrogen-bond donors (Lipinski definition) is 2. The van der Waals surface area contributed by atoms with Crippen LogP contribution in [0.15, 0.2) is 53.0 Å². The van der Waals surface area contributed by atoms with E-state index in [2.05, 4.69) is 15.9 Å². The average Bonchev–Trinajstić information content (AvgIpc) is 2.47. The Morgan fingerprint density at radius 2 is 1.81 bits per heavy atom. The molecule has 0 fully saturated rings. The van der Waals surface area contributed by atoms with Crippen LogP contribution in [0.5, 0.6) is 5.75 Å². The van der Waals surface area contributed by atoms with Gasteiger partial charge in [-0.2, -0.15) is 0 Å². The number of hydrogen-bond acceptors (Lipinski definition) is 3. The molecule has 112 valence electrons. The molecule has 0 aliphatic rings. The fourth-order valence-corrected chi connectivity index (χ4v) is 2.48. The van der Waals surface area contributed by atoms with E-state index in [1.54, 1.807) is 0 Å². The van der Waals surface area contributed by atoms with Gasteiger partial charge in [-0.15, -0.1) is 0 Å². The van der Waals surface area contributed by atoms with Crippen LogP contribution in [0.3, 0.4) is 0 Å². The van der Waals surface area contributed by atoms with Gasteiger partial charge in [-0.3, -0.25) is 0 Å². The Labute approximate surface area is 133 Å². The van der Waals surface area contributed by atoms with E-state index in [9.17, 15) is 0 Å². The third-order valence-electron chi connectivity index (χ3n) is 3.28. The Morgan fingerprint density at radius 3 is 2.43 bits per heavy atom. The van der Waals surface area contributed by atoms with E-state index in [0.29, 0.717) is 6.42 Å². The maximum absolute atomic E-state index is 9.15. The molecule has 4 heteroatoms. The molecule has 2 aromatic carbocycles. The van der Waals surface area contributed by atoms with E-state index in [0.717, 1.165) is 21.3 Å². The highest BCUT2D eigenvalue weighted by Crippen LogP contribution is 2.28. The average molecular weight is 350 g/mol. The number of aliphatic hydroxyl groups is 1. The lowest BCUT2D eigenvalue weighted by molar-refractivity contribution is 0.177. The van der Waals surface area contributed by atoms with Gasteiger partial charge in [0.15, 0.2) is 0 Å². The van der Waals surface area contributed by atoms with Gasteiger partial charge < -0.3 is 15.6 Å². The van der Waals surface area contributed by atoms with Crippen molar-refractivity contribution < 1.29 is 9.84 Å². The summed E-state index contributed by atoms with van der Waals surface area (Å²) in [4.78, 5) is 0. The van der Waals surface area contributed by atoms with Crippen molar-refractivity contribution in [1.29, 1.82) is 0 Å². The Kier molecular flexibility index (Phi) is 5.79. The standard InChI is InChI=1S/C17H20BrNO2/c1-12(19)17(14-6-8-15(18)9-7-14)21-16-5-3-2-4-13(16)10-11-20/h2-9,12,17,20H,10-11,19H2,1H3. The Bertz CT molecular complexity index is 569. The summed E-state index contributed by atoms with van der Waals surface area (Å²) in [7, 11) is 0. The van der Waals surface area contributed by atoms with E-state index in [-0.39, 0.29) is 18.8 Å². The van der Waals surface area contributed by atoms with Crippen LogP contribution in [0.4, 0.5) is 0 Å². The number of para-hydroxylation sites is 1. The highest BCUT2D eigenvalue weighted by molar-refractivity contribution is 9.10. The summed E-state index contributed by atoms with van der Waals surface area (Å²) in [6.45, 7) is 2.03. The minimum atomic E-state index is -0.224. The molecule has 0 aromatic heterocycles. The second kappa shape index (κ2) is 7.59. The molecule has 3 nitrogen and oxygen atoms in total. The maximum atomic E-state index is 9.15. The van der Waals surface area contributed by atoms with Crippen molar-refractivity contribution in [3.8, 4) is 5.75 Å². The lowest BCUT2D eigenvalue weighted by atomic mass is 10.0. The van der Waals surface area contributed by atoms with Crippen molar-refractivity contribution in [2.45, 2.75) is 25.5 Å². The summed E-state index contributed by atoms with van der Waals surface area (Å²) < 4.78 is 7.16. The molecule has 3 N–H and O–H groups in total. The number of rotatable bonds is 6. The number of ether oxygens (including phenoxy) is 1. The summed E-state index contributed by atoms with van der Waals surface area (Å²) in [6, 6.07) is 15.6. The fourth-order valence-electron chi connectivity index (χ4n) is 2.21. The second-order valence-corrected chi connectivity index (χ2v) is 5.95. The van der Waals surface area contributed by atoms with Crippen LogP contribution in [0.2, 0.25) is 0 Å². The van der Waals surface area contributed by atoms with Crippen molar-refractivity contribution in [3.05, 3.63) is 64.1 Å². The van der Waals surface area contributed by atoms with Crippen LogP contribution in [0.1, 0.15) is 24.2 Å². The van der Waals surface area contributed by atoms with Crippen LogP contribution >= 0.6 is 15.9 Å². The molecule has 0 saturated heterocycles. The van der Waals surface area contributed by atoms with Gasteiger partial charge in [-0.05, 0) is 42.7 Å². The summed E-state index contributed by atoms with van der Waals surface area (Å²) in [6.07, 6.45) is 0.347. The minimum absolute atomic E-state index is 0.0987. The molecule has 0 radical (unpaired) electrons. The van der Waals surface area contributed by atoms with E-state index in [1.165, 1.54) is 0 Å². The lowest BCUT2D eigenvalue weighted by Crippen LogP contribution is -2.29. The zero-order valence-electron chi connectivity index (χ0n) is 12.0. The molecule has 0 aliphatic heterocycles. The van der Waals surface area contributed by atoms with E-state index < -0.39 is 0 Å². The quantitative estimate of drug-likeness (QED) is 0.839. The van der Waals surface area contributed by atoms with Crippen LogP contribution < -0.4 is 10.5 Å². The summed E-state index contributed by atoms with van der Waals surface area (Å²) in [5.74, 6) is 0.775. The first-order valence-corrected chi connectivity index (χ1v) is 7.77. The minimum Gasteiger partial charge on any atom is -0.484 e. The Balaban J connectivity index is 2.26. The third-order valence-corrected chi connectivity index (χ3v) is 3.81. The summed E-state index contributed by atoms with van der Waals surface area (Å²) in [5, 5.41) is 9.15. The predicted octanol–water partition coefficient (Wildman–Crippen LogP) is 3.45. The van der Waals surface area contributed by atoms with Crippen LogP contribution in [-0.4, -0.2) is 17.8 Å². The maximum Gasteiger partial charge on any atom is 0.138 e. The molecule has 2 rings (SSSR count).